The normalized spacial score (nSPS) is 10.8. The Balaban J connectivity index is 2.21. The van der Waals surface area contributed by atoms with Gasteiger partial charge in [0.05, 0.1) is 6.10 Å². The van der Waals surface area contributed by atoms with Crippen LogP contribution in [0.3, 0.4) is 0 Å². The first kappa shape index (κ1) is 12.9. The highest BCUT2D eigenvalue weighted by Gasteiger charge is 1.97. The van der Waals surface area contributed by atoms with Gasteiger partial charge in [-0.15, -0.1) is 0 Å². The van der Waals surface area contributed by atoms with Gasteiger partial charge in [-0.25, -0.2) is 9.97 Å². The molecule has 1 heterocycles. The van der Waals surface area contributed by atoms with Gasteiger partial charge in [0.15, 0.2) is 5.82 Å². The Kier molecular flexibility index (Phi) is 5.74. The van der Waals surface area contributed by atoms with Crippen molar-refractivity contribution in [2.24, 2.45) is 0 Å². The molecule has 90 valence electrons. The zero-order chi connectivity index (χ0) is 11.8. The van der Waals surface area contributed by atoms with Crippen molar-refractivity contribution in [3.05, 3.63) is 18.1 Å². The van der Waals surface area contributed by atoms with Crippen molar-refractivity contribution in [2.45, 2.75) is 33.0 Å². The molecule has 0 aliphatic rings. The van der Waals surface area contributed by atoms with Crippen LogP contribution in [0, 0.1) is 0 Å². The third kappa shape index (κ3) is 5.04. The number of rotatable bonds is 7. The predicted molar refractivity (Wildman–Crippen MR) is 62.1 cm³/mol. The van der Waals surface area contributed by atoms with E-state index in [9.17, 15) is 0 Å². The quantitative estimate of drug-likeness (QED) is 0.682. The first-order valence-corrected chi connectivity index (χ1v) is 5.50. The van der Waals surface area contributed by atoms with E-state index in [1.807, 2.05) is 13.8 Å². The second-order valence-electron chi connectivity index (χ2n) is 3.72. The van der Waals surface area contributed by atoms with E-state index in [-0.39, 0.29) is 12.7 Å². The number of aromatic nitrogens is 2. The molecule has 2 N–H and O–H groups in total. The fourth-order valence-electron chi connectivity index (χ4n) is 1.18. The van der Waals surface area contributed by atoms with E-state index in [2.05, 4.69) is 15.3 Å². The molecule has 16 heavy (non-hydrogen) atoms. The molecule has 0 radical (unpaired) electrons. The third-order valence-electron chi connectivity index (χ3n) is 1.93. The number of hydrogen-bond acceptors (Lipinski definition) is 5. The SMILES string of the molecule is CC(C)OCCCNc1ccnc(CO)n1. The summed E-state index contributed by atoms with van der Waals surface area (Å²) in [6.07, 6.45) is 2.84. The minimum Gasteiger partial charge on any atom is -0.388 e. The predicted octanol–water partition coefficient (Wildman–Crippen LogP) is 1.20. The maximum absolute atomic E-state index is 8.86. The third-order valence-corrected chi connectivity index (χ3v) is 1.93. The summed E-state index contributed by atoms with van der Waals surface area (Å²) in [6, 6.07) is 1.78. The van der Waals surface area contributed by atoms with Crippen LogP contribution in [-0.4, -0.2) is 34.3 Å². The van der Waals surface area contributed by atoms with Crippen LogP contribution >= 0.6 is 0 Å². The molecule has 0 aromatic carbocycles. The lowest BCUT2D eigenvalue weighted by Gasteiger charge is -2.08. The van der Waals surface area contributed by atoms with Gasteiger partial charge in [-0.05, 0) is 26.3 Å². The highest BCUT2D eigenvalue weighted by atomic mass is 16.5. The maximum Gasteiger partial charge on any atom is 0.156 e. The van der Waals surface area contributed by atoms with Crippen molar-refractivity contribution in [1.29, 1.82) is 0 Å². The highest BCUT2D eigenvalue weighted by Crippen LogP contribution is 2.02. The number of ether oxygens (including phenoxy) is 1. The number of anilines is 1. The van der Waals surface area contributed by atoms with E-state index in [4.69, 9.17) is 9.84 Å². The number of aliphatic hydroxyl groups is 1. The van der Waals surface area contributed by atoms with E-state index in [0.29, 0.717) is 5.82 Å². The van der Waals surface area contributed by atoms with Crippen molar-refractivity contribution in [3.63, 3.8) is 0 Å². The first-order chi connectivity index (χ1) is 7.72. The Hall–Kier alpha value is -1.20. The molecule has 0 saturated carbocycles. The Labute approximate surface area is 95.9 Å². The molecule has 0 amide bonds. The van der Waals surface area contributed by atoms with Crippen LogP contribution in [0.5, 0.6) is 0 Å². The summed E-state index contributed by atoms with van der Waals surface area (Å²) in [7, 11) is 0. The fraction of sp³-hybridized carbons (Fsp3) is 0.636. The topological polar surface area (TPSA) is 67.3 Å². The number of aliphatic hydroxyl groups excluding tert-OH is 1. The largest absolute Gasteiger partial charge is 0.388 e. The molecule has 0 saturated heterocycles. The van der Waals surface area contributed by atoms with Crippen molar-refractivity contribution >= 4 is 5.82 Å². The zero-order valence-electron chi connectivity index (χ0n) is 9.81. The van der Waals surface area contributed by atoms with Gasteiger partial charge >= 0.3 is 0 Å². The number of nitrogens with one attached hydrogen (secondary N) is 1. The maximum atomic E-state index is 8.86. The van der Waals surface area contributed by atoms with Gasteiger partial charge in [-0.1, -0.05) is 0 Å². The molecular weight excluding hydrogens is 206 g/mol. The lowest BCUT2D eigenvalue weighted by atomic mass is 10.4. The smallest absolute Gasteiger partial charge is 0.156 e. The minimum absolute atomic E-state index is 0.133. The van der Waals surface area contributed by atoms with Gasteiger partial charge < -0.3 is 15.2 Å². The molecule has 1 rings (SSSR count). The molecular formula is C11H19N3O2. The summed E-state index contributed by atoms with van der Waals surface area (Å²) in [5, 5.41) is 12.0. The lowest BCUT2D eigenvalue weighted by Crippen LogP contribution is -2.10. The average Bonchev–Trinajstić information content (AvgIpc) is 2.28. The molecule has 1 aromatic heterocycles. The van der Waals surface area contributed by atoms with Crippen molar-refractivity contribution in [1.82, 2.24) is 9.97 Å². The molecule has 0 fully saturated rings. The zero-order valence-corrected chi connectivity index (χ0v) is 9.81. The van der Waals surface area contributed by atoms with Gasteiger partial charge in [-0.2, -0.15) is 0 Å². The lowest BCUT2D eigenvalue weighted by molar-refractivity contribution is 0.0787. The molecule has 0 bridgehead atoms. The second kappa shape index (κ2) is 7.14. The van der Waals surface area contributed by atoms with Gasteiger partial charge in [0, 0.05) is 19.3 Å². The Morgan fingerprint density at radius 1 is 1.50 bits per heavy atom. The summed E-state index contributed by atoms with van der Waals surface area (Å²) in [4.78, 5) is 8.01. The Bertz CT molecular complexity index is 305. The Morgan fingerprint density at radius 2 is 2.31 bits per heavy atom. The molecule has 0 atom stereocenters. The van der Waals surface area contributed by atoms with Crippen LogP contribution in [0.25, 0.3) is 0 Å². The van der Waals surface area contributed by atoms with Crippen molar-refractivity contribution in [2.75, 3.05) is 18.5 Å². The van der Waals surface area contributed by atoms with Gasteiger partial charge in [0.2, 0.25) is 0 Å². The highest BCUT2D eigenvalue weighted by molar-refractivity contribution is 5.32. The molecule has 0 aliphatic heterocycles. The monoisotopic (exact) mass is 225 g/mol. The summed E-state index contributed by atoms with van der Waals surface area (Å²) < 4.78 is 5.41. The van der Waals surface area contributed by atoms with Gasteiger partial charge in [0.1, 0.15) is 12.4 Å². The van der Waals surface area contributed by atoms with Crippen LogP contribution in [0.1, 0.15) is 26.1 Å². The second-order valence-corrected chi connectivity index (χ2v) is 3.72. The Morgan fingerprint density at radius 3 is 3.00 bits per heavy atom. The summed E-state index contributed by atoms with van der Waals surface area (Å²) >= 11 is 0. The van der Waals surface area contributed by atoms with E-state index >= 15 is 0 Å². The molecule has 0 unspecified atom stereocenters. The van der Waals surface area contributed by atoms with Crippen LogP contribution < -0.4 is 5.32 Å². The first-order valence-electron chi connectivity index (χ1n) is 5.50. The van der Waals surface area contributed by atoms with E-state index < -0.39 is 0 Å². The summed E-state index contributed by atoms with van der Waals surface area (Å²) in [5.74, 6) is 1.17. The van der Waals surface area contributed by atoms with E-state index in [0.717, 1.165) is 25.4 Å². The minimum atomic E-state index is -0.133. The van der Waals surface area contributed by atoms with Crippen molar-refractivity contribution < 1.29 is 9.84 Å². The molecule has 5 heteroatoms. The van der Waals surface area contributed by atoms with Gasteiger partial charge in [-0.3, -0.25) is 0 Å². The van der Waals surface area contributed by atoms with E-state index in [1.165, 1.54) is 0 Å². The van der Waals surface area contributed by atoms with Crippen LogP contribution in [0.4, 0.5) is 5.82 Å². The molecule has 0 spiro atoms. The average molecular weight is 225 g/mol. The number of hydrogen-bond donors (Lipinski definition) is 2. The molecule has 1 aromatic rings. The standard InChI is InChI=1S/C11H19N3O2/c1-9(2)16-7-3-5-12-10-4-6-13-11(8-15)14-10/h4,6,9,15H,3,5,7-8H2,1-2H3,(H,12,13,14). The van der Waals surface area contributed by atoms with Gasteiger partial charge in [0.25, 0.3) is 0 Å². The van der Waals surface area contributed by atoms with Crippen LogP contribution in [0.2, 0.25) is 0 Å². The van der Waals surface area contributed by atoms with Crippen LogP contribution in [-0.2, 0) is 11.3 Å². The summed E-state index contributed by atoms with van der Waals surface area (Å²) in [6.45, 7) is 5.44. The van der Waals surface area contributed by atoms with Crippen molar-refractivity contribution in [3.8, 4) is 0 Å². The molecule has 0 aliphatic carbocycles. The van der Waals surface area contributed by atoms with E-state index in [1.54, 1.807) is 12.3 Å². The van der Waals surface area contributed by atoms with Crippen LogP contribution in [0.15, 0.2) is 12.3 Å². The number of nitrogens with zero attached hydrogens (tertiary/aromatic N) is 2. The fourth-order valence-corrected chi connectivity index (χ4v) is 1.18. The summed E-state index contributed by atoms with van der Waals surface area (Å²) in [5.41, 5.74) is 0. The molecule has 5 nitrogen and oxygen atoms in total.